The van der Waals surface area contributed by atoms with E-state index < -0.39 is 0 Å². The molecular formula is C14H16ClN3O2S. The monoisotopic (exact) mass is 325 g/mol. The smallest absolute Gasteiger partial charge is 0.139 e. The van der Waals surface area contributed by atoms with Crippen molar-refractivity contribution in [3.8, 4) is 5.75 Å². The molecule has 1 aliphatic rings. The number of pyridine rings is 1. The fourth-order valence-corrected chi connectivity index (χ4v) is 3.03. The molecule has 1 atom stereocenters. The normalized spacial score (nSPS) is 19.6. The van der Waals surface area contributed by atoms with Crippen molar-refractivity contribution >= 4 is 22.9 Å². The van der Waals surface area contributed by atoms with Gasteiger partial charge >= 0.3 is 0 Å². The van der Waals surface area contributed by atoms with Crippen molar-refractivity contribution < 1.29 is 9.47 Å². The van der Waals surface area contributed by atoms with Gasteiger partial charge in [-0.1, -0.05) is 11.6 Å². The number of halogens is 1. The molecule has 0 amide bonds. The van der Waals surface area contributed by atoms with Crippen LogP contribution < -0.4 is 4.74 Å². The van der Waals surface area contributed by atoms with Gasteiger partial charge in [0.2, 0.25) is 0 Å². The standard InChI is InChI=1S/C14H16ClN3O2S/c15-11-5-12(7-16-6-11)20-10-13-8-18(2-3-19-13)9-14-17-1-4-21-14/h1,4-7,13H,2-3,8-10H2. The van der Waals surface area contributed by atoms with Crippen LogP contribution in [0.3, 0.4) is 0 Å². The van der Waals surface area contributed by atoms with Gasteiger partial charge in [0.1, 0.15) is 23.5 Å². The number of hydrogen-bond donors (Lipinski definition) is 0. The van der Waals surface area contributed by atoms with Gasteiger partial charge in [-0.05, 0) is 0 Å². The van der Waals surface area contributed by atoms with Crippen LogP contribution in [0.15, 0.2) is 30.0 Å². The summed E-state index contributed by atoms with van der Waals surface area (Å²) < 4.78 is 11.4. The Labute approximate surface area is 132 Å². The van der Waals surface area contributed by atoms with Gasteiger partial charge < -0.3 is 9.47 Å². The first-order valence-corrected chi connectivity index (χ1v) is 8.01. The molecule has 1 aliphatic heterocycles. The minimum Gasteiger partial charge on any atom is -0.489 e. The van der Waals surface area contributed by atoms with Crippen molar-refractivity contribution in [3.05, 3.63) is 40.1 Å². The molecule has 3 rings (SSSR count). The zero-order chi connectivity index (χ0) is 14.5. The third-order valence-corrected chi connectivity index (χ3v) is 4.15. The highest BCUT2D eigenvalue weighted by molar-refractivity contribution is 7.09. The number of thiazole rings is 1. The van der Waals surface area contributed by atoms with Gasteiger partial charge in [-0.2, -0.15) is 0 Å². The van der Waals surface area contributed by atoms with E-state index in [0.29, 0.717) is 24.0 Å². The lowest BCUT2D eigenvalue weighted by molar-refractivity contribution is -0.0504. The Bertz CT molecular complexity index is 567. The van der Waals surface area contributed by atoms with E-state index in [2.05, 4.69) is 14.9 Å². The molecule has 0 spiro atoms. The topological polar surface area (TPSA) is 47.5 Å². The van der Waals surface area contributed by atoms with Crippen LogP contribution in [0.1, 0.15) is 5.01 Å². The average molecular weight is 326 g/mol. The fourth-order valence-electron chi connectivity index (χ4n) is 2.21. The summed E-state index contributed by atoms with van der Waals surface area (Å²) in [4.78, 5) is 10.7. The van der Waals surface area contributed by atoms with Gasteiger partial charge in [0.05, 0.1) is 24.4 Å². The van der Waals surface area contributed by atoms with E-state index in [0.717, 1.165) is 24.6 Å². The molecule has 21 heavy (non-hydrogen) atoms. The second-order valence-electron chi connectivity index (χ2n) is 4.80. The van der Waals surface area contributed by atoms with Gasteiger partial charge in [0, 0.05) is 36.9 Å². The predicted molar refractivity (Wildman–Crippen MR) is 81.9 cm³/mol. The summed E-state index contributed by atoms with van der Waals surface area (Å²) in [6.45, 7) is 3.85. The molecule has 0 bridgehead atoms. The lowest BCUT2D eigenvalue weighted by Gasteiger charge is -2.32. The summed E-state index contributed by atoms with van der Waals surface area (Å²) >= 11 is 7.56. The van der Waals surface area contributed by atoms with Gasteiger partial charge in [0.25, 0.3) is 0 Å². The van der Waals surface area contributed by atoms with Gasteiger partial charge in [-0.25, -0.2) is 4.98 Å². The van der Waals surface area contributed by atoms with E-state index in [4.69, 9.17) is 21.1 Å². The zero-order valence-electron chi connectivity index (χ0n) is 11.4. The van der Waals surface area contributed by atoms with E-state index in [1.165, 1.54) is 0 Å². The first-order chi connectivity index (χ1) is 10.3. The third-order valence-electron chi connectivity index (χ3n) is 3.18. The average Bonchev–Trinajstić information content (AvgIpc) is 2.99. The first-order valence-electron chi connectivity index (χ1n) is 6.75. The number of aromatic nitrogens is 2. The summed E-state index contributed by atoms with van der Waals surface area (Å²) in [5.74, 6) is 0.670. The molecule has 0 aliphatic carbocycles. The minimum absolute atomic E-state index is 0.0534. The molecule has 5 nitrogen and oxygen atoms in total. The van der Waals surface area contributed by atoms with Crippen molar-refractivity contribution in [1.29, 1.82) is 0 Å². The molecule has 3 heterocycles. The molecular weight excluding hydrogens is 310 g/mol. The molecule has 0 N–H and O–H groups in total. The summed E-state index contributed by atoms with van der Waals surface area (Å²) in [5, 5.41) is 3.71. The highest BCUT2D eigenvalue weighted by atomic mass is 35.5. The molecule has 2 aromatic rings. The SMILES string of the molecule is Clc1cncc(OCC2CN(Cc3nccs3)CCO2)c1. The van der Waals surface area contributed by atoms with E-state index in [9.17, 15) is 0 Å². The number of nitrogens with zero attached hydrogens (tertiary/aromatic N) is 3. The quantitative estimate of drug-likeness (QED) is 0.845. The van der Waals surface area contributed by atoms with Crippen LogP contribution >= 0.6 is 22.9 Å². The molecule has 0 aromatic carbocycles. The predicted octanol–water partition coefficient (Wildman–Crippen LogP) is 2.47. The van der Waals surface area contributed by atoms with Crippen molar-refractivity contribution in [2.45, 2.75) is 12.6 Å². The summed E-state index contributed by atoms with van der Waals surface area (Å²) in [6, 6.07) is 1.75. The number of ether oxygens (including phenoxy) is 2. The Morgan fingerprint density at radius 3 is 3.24 bits per heavy atom. The number of rotatable bonds is 5. The van der Waals surface area contributed by atoms with E-state index in [1.54, 1.807) is 29.8 Å². The van der Waals surface area contributed by atoms with Crippen LogP contribution in [-0.2, 0) is 11.3 Å². The Morgan fingerprint density at radius 1 is 1.48 bits per heavy atom. The lowest BCUT2D eigenvalue weighted by atomic mass is 10.3. The molecule has 0 saturated carbocycles. The van der Waals surface area contributed by atoms with Crippen LogP contribution in [0.5, 0.6) is 5.75 Å². The van der Waals surface area contributed by atoms with Gasteiger partial charge in [-0.3, -0.25) is 9.88 Å². The maximum Gasteiger partial charge on any atom is 0.139 e. The molecule has 7 heteroatoms. The van der Waals surface area contributed by atoms with Crippen LogP contribution in [0, 0.1) is 0 Å². The van der Waals surface area contributed by atoms with Crippen molar-refractivity contribution in [1.82, 2.24) is 14.9 Å². The lowest BCUT2D eigenvalue weighted by Crippen LogP contribution is -2.44. The highest BCUT2D eigenvalue weighted by Gasteiger charge is 2.21. The van der Waals surface area contributed by atoms with Crippen LogP contribution in [0.4, 0.5) is 0 Å². The maximum absolute atomic E-state index is 5.88. The second kappa shape index (κ2) is 7.17. The molecule has 112 valence electrons. The Morgan fingerprint density at radius 2 is 2.43 bits per heavy atom. The summed E-state index contributed by atoms with van der Waals surface area (Å²) in [5.41, 5.74) is 0. The van der Waals surface area contributed by atoms with Crippen LogP contribution in [0.2, 0.25) is 5.02 Å². The van der Waals surface area contributed by atoms with Gasteiger partial charge in [-0.15, -0.1) is 11.3 Å². The summed E-state index contributed by atoms with van der Waals surface area (Å²) in [6.07, 6.45) is 5.13. The Hall–Kier alpha value is -1.21. The molecule has 1 saturated heterocycles. The largest absolute Gasteiger partial charge is 0.489 e. The third kappa shape index (κ3) is 4.38. The van der Waals surface area contributed by atoms with E-state index in [1.807, 2.05) is 11.6 Å². The van der Waals surface area contributed by atoms with Crippen LogP contribution in [0.25, 0.3) is 0 Å². The maximum atomic E-state index is 5.88. The van der Waals surface area contributed by atoms with Crippen LogP contribution in [-0.4, -0.2) is 47.3 Å². The Balaban J connectivity index is 1.49. The Kier molecular flexibility index (Phi) is 5.03. The van der Waals surface area contributed by atoms with Crippen molar-refractivity contribution in [3.63, 3.8) is 0 Å². The molecule has 1 unspecified atom stereocenters. The number of morpholine rings is 1. The van der Waals surface area contributed by atoms with E-state index in [-0.39, 0.29) is 6.10 Å². The first kappa shape index (κ1) is 14.7. The van der Waals surface area contributed by atoms with Crippen molar-refractivity contribution in [2.75, 3.05) is 26.3 Å². The zero-order valence-corrected chi connectivity index (χ0v) is 13.0. The minimum atomic E-state index is 0.0534. The summed E-state index contributed by atoms with van der Waals surface area (Å²) in [7, 11) is 0. The van der Waals surface area contributed by atoms with E-state index >= 15 is 0 Å². The molecule has 1 fully saturated rings. The highest BCUT2D eigenvalue weighted by Crippen LogP contribution is 2.17. The fraction of sp³-hybridized carbons (Fsp3) is 0.429. The molecule has 2 aromatic heterocycles. The molecule has 0 radical (unpaired) electrons. The van der Waals surface area contributed by atoms with Gasteiger partial charge in [0.15, 0.2) is 0 Å². The number of hydrogen-bond acceptors (Lipinski definition) is 6. The second-order valence-corrected chi connectivity index (χ2v) is 6.22. The van der Waals surface area contributed by atoms with Crippen molar-refractivity contribution in [2.24, 2.45) is 0 Å².